The van der Waals surface area contributed by atoms with Crippen molar-refractivity contribution < 1.29 is 14.6 Å². The van der Waals surface area contributed by atoms with Gasteiger partial charge in [0.15, 0.2) is 0 Å². The number of benzene rings is 1. The van der Waals surface area contributed by atoms with Crippen molar-refractivity contribution in [2.45, 2.75) is 31.8 Å². The van der Waals surface area contributed by atoms with Crippen LogP contribution in [0.25, 0.3) is 0 Å². The fourth-order valence-corrected chi connectivity index (χ4v) is 2.17. The summed E-state index contributed by atoms with van der Waals surface area (Å²) in [7, 11) is 1.54. The summed E-state index contributed by atoms with van der Waals surface area (Å²) in [5.74, 6) is -0.320. The van der Waals surface area contributed by atoms with Crippen molar-refractivity contribution in [1.82, 2.24) is 5.32 Å². The van der Waals surface area contributed by atoms with Crippen molar-refractivity contribution in [1.29, 1.82) is 0 Å². The van der Waals surface area contributed by atoms with Gasteiger partial charge in [-0.05, 0) is 43.0 Å². The Morgan fingerprint density at radius 3 is 2.72 bits per heavy atom. The van der Waals surface area contributed by atoms with E-state index in [1.165, 1.54) is 7.11 Å². The lowest BCUT2D eigenvalue weighted by atomic mass is 10.0. The summed E-state index contributed by atoms with van der Waals surface area (Å²) in [6.07, 6.45) is 2.07. The number of aryl methyl sites for hydroxylation is 1. The minimum atomic E-state index is -0.883. The van der Waals surface area contributed by atoms with Crippen LogP contribution in [-0.2, 0) is 4.79 Å². The lowest BCUT2D eigenvalue weighted by Crippen LogP contribution is -2.30. The molecule has 1 saturated carbocycles. The topological polar surface area (TPSA) is 58.6 Å². The van der Waals surface area contributed by atoms with Crippen LogP contribution >= 0.6 is 11.6 Å². The molecule has 1 aromatic carbocycles. The first kappa shape index (κ1) is 13.2. The number of hydrogen-bond donors (Lipinski definition) is 2. The summed E-state index contributed by atoms with van der Waals surface area (Å²) in [6, 6.07) is 3.04. The Morgan fingerprint density at radius 2 is 2.22 bits per heavy atom. The first-order valence-corrected chi connectivity index (χ1v) is 6.23. The van der Waals surface area contributed by atoms with Crippen LogP contribution in [0, 0.1) is 6.92 Å². The average molecular weight is 270 g/mol. The Bertz CT molecular complexity index is 472. The van der Waals surface area contributed by atoms with Gasteiger partial charge >= 0.3 is 5.97 Å². The summed E-state index contributed by atoms with van der Waals surface area (Å²) in [5.41, 5.74) is 1.55. The SMILES string of the molecule is COc1cc(C)c(C(NC2CC2)C(=O)O)cc1Cl. The van der Waals surface area contributed by atoms with Gasteiger partial charge < -0.3 is 9.84 Å². The van der Waals surface area contributed by atoms with Gasteiger partial charge in [-0.3, -0.25) is 10.1 Å². The quantitative estimate of drug-likeness (QED) is 0.862. The number of ether oxygens (including phenoxy) is 1. The third-order valence-corrected chi connectivity index (χ3v) is 3.37. The second-order valence-electron chi connectivity index (χ2n) is 4.56. The van der Waals surface area contributed by atoms with Gasteiger partial charge in [0.05, 0.1) is 12.1 Å². The molecule has 0 bridgehead atoms. The smallest absolute Gasteiger partial charge is 0.325 e. The molecule has 0 heterocycles. The molecule has 1 aromatic rings. The van der Waals surface area contributed by atoms with Crippen LogP contribution in [0.2, 0.25) is 5.02 Å². The molecule has 0 saturated heterocycles. The van der Waals surface area contributed by atoms with E-state index in [0.717, 1.165) is 18.4 Å². The third-order valence-electron chi connectivity index (χ3n) is 3.08. The van der Waals surface area contributed by atoms with E-state index in [9.17, 15) is 9.90 Å². The molecule has 1 aliphatic carbocycles. The van der Waals surface area contributed by atoms with Gasteiger partial charge in [-0.25, -0.2) is 0 Å². The lowest BCUT2D eigenvalue weighted by molar-refractivity contribution is -0.139. The number of carboxylic acid groups (broad SMARTS) is 1. The third kappa shape index (κ3) is 2.76. The monoisotopic (exact) mass is 269 g/mol. The molecule has 1 aliphatic rings. The molecule has 0 aromatic heterocycles. The average Bonchev–Trinajstić information content (AvgIpc) is 3.12. The van der Waals surface area contributed by atoms with Crippen LogP contribution in [-0.4, -0.2) is 24.2 Å². The number of aliphatic carboxylic acids is 1. The fourth-order valence-electron chi connectivity index (χ4n) is 1.92. The highest BCUT2D eigenvalue weighted by atomic mass is 35.5. The van der Waals surface area contributed by atoms with Crippen molar-refractivity contribution >= 4 is 17.6 Å². The Morgan fingerprint density at radius 1 is 1.56 bits per heavy atom. The highest BCUT2D eigenvalue weighted by Crippen LogP contribution is 2.32. The summed E-state index contributed by atoms with van der Waals surface area (Å²) in [5, 5.41) is 12.9. The minimum absolute atomic E-state index is 0.311. The largest absolute Gasteiger partial charge is 0.495 e. The first-order valence-electron chi connectivity index (χ1n) is 5.85. The van der Waals surface area contributed by atoms with E-state index >= 15 is 0 Å². The van der Waals surface area contributed by atoms with E-state index in [1.54, 1.807) is 12.1 Å². The maximum Gasteiger partial charge on any atom is 0.325 e. The first-order chi connectivity index (χ1) is 8.52. The highest BCUT2D eigenvalue weighted by molar-refractivity contribution is 6.32. The van der Waals surface area contributed by atoms with Crippen molar-refractivity contribution in [3.8, 4) is 5.75 Å². The Kier molecular flexibility index (Phi) is 3.78. The van der Waals surface area contributed by atoms with E-state index in [4.69, 9.17) is 16.3 Å². The zero-order chi connectivity index (χ0) is 13.3. The van der Waals surface area contributed by atoms with E-state index in [0.29, 0.717) is 22.4 Å². The molecular formula is C13H16ClNO3. The van der Waals surface area contributed by atoms with Gasteiger partial charge in [-0.2, -0.15) is 0 Å². The normalized spacial score (nSPS) is 16.4. The lowest BCUT2D eigenvalue weighted by Gasteiger charge is -2.18. The van der Waals surface area contributed by atoms with Crippen LogP contribution < -0.4 is 10.1 Å². The van der Waals surface area contributed by atoms with E-state index < -0.39 is 12.0 Å². The molecule has 2 rings (SSSR count). The van der Waals surface area contributed by atoms with Gasteiger partial charge in [0.25, 0.3) is 0 Å². The number of rotatable bonds is 5. The standard InChI is InChI=1S/C13H16ClNO3/c1-7-5-11(18-2)10(14)6-9(7)12(13(16)17)15-8-3-4-8/h5-6,8,12,15H,3-4H2,1-2H3,(H,16,17). The Hall–Kier alpha value is -1.26. The molecule has 1 atom stereocenters. The van der Waals surface area contributed by atoms with Crippen molar-refractivity contribution in [3.63, 3.8) is 0 Å². The predicted molar refractivity (Wildman–Crippen MR) is 69.3 cm³/mol. The summed E-state index contributed by atoms with van der Waals surface area (Å²) in [4.78, 5) is 11.3. The van der Waals surface area contributed by atoms with Crippen LogP contribution in [0.15, 0.2) is 12.1 Å². The van der Waals surface area contributed by atoms with Crippen molar-refractivity contribution in [3.05, 3.63) is 28.3 Å². The van der Waals surface area contributed by atoms with Gasteiger partial charge in [0.1, 0.15) is 11.8 Å². The maximum atomic E-state index is 11.3. The molecule has 0 amide bonds. The number of carboxylic acids is 1. The summed E-state index contributed by atoms with van der Waals surface area (Å²) < 4.78 is 5.11. The molecule has 5 heteroatoms. The number of halogens is 1. The predicted octanol–water partition coefficient (Wildman–Crippen LogP) is 2.53. The molecule has 18 heavy (non-hydrogen) atoms. The number of methoxy groups -OCH3 is 1. The molecule has 1 unspecified atom stereocenters. The molecule has 4 nitrogen and oxygen atoms in total. The summed E-state index contributed by atoms with van der Waals surface area (Å²) in [6.45, 7) is 1.86. The number of hydrogen-bond acceptors (Lipinski definition) is 3. The zero-order valence-corrected chi connectivity index (χ0v) is 11.1. The second kappa shape index (κ2) is 5.16. The second-order valence-corrected chi connectivity index (χ2v) is 4.96. The molecule has 0 radical (unpaired) electrons. The van der Waals surface area contributed by atoms with E-state index in [-0.39, 0.29) is 0 Å². The highest BCUT2D eigenvalue weighted by Gasteiger charge is 2.30. The molecule has 1 fully saturated rings. The number of nitrogens with one attached hydrogen (secondary N) is 1. The van der Waals surface area contributed by atoms with Gasteiger partial charge in [0, 0.05) is 6.04 Å². The molecular weight excluding hydrogens is 254 g/mol. The van der Waals surface area contributed by atoms with Crippen LogP contribution in [0.3, 0.4) is 0 Å². The van der Waals surface area contributed by atoms with Crippen molar-refractivity contribution in [2.75, 3.05) is 7.11 Å². The number of carbonyl (C=O) groups is 1. The van der Waals surface area contributed by atoms with E-state index in [1.807, 2.05) is 6.92 Å². The molecule has 98 valence electrons. The molecule has 0 aliphatic heterocycles. The maximum absolute atomic E-state index is 11.3. The Labute approximate surface area is 111 Å². The molecule has 2 N–H and O–H groups in total. The van der Waals surface area contributed by atoms with Crippen LogP contribution in [0.5, 0.6) is 5.75 Å². The minimum Gasteiger partial charge on any atom is -0.495 e. The summed E-state index contributed by atoms with van der Waals surface area (Å²) >= 11 is 6.06. The van der Waals surface area contributed by atoms with Crippen molar-refractivity contribution in [2.24, 2.45) is 0 Å². The molecule has 0 spiro atoms. The zero-order valence-electron chi connectivity index (χ0n) is 10.4. The van der Waals surface area contributed by atoms with Crippen LogP contribution in [0.1, 0.15) is 30.0 Å². The fraction of sp³-hybridized carbons (Fsp3) is 0.462. The Balaban J connectivity index is 2.34. The van der Waals surface area contributed by atoms with Gasteiger partial charge in [-0.1, -0.05) is 11.6 Å². The van der Waals surface area contributed by atoms with Crippen LogP contribution in [0.4, 0.5) is 0 Å². The van der Waals surface area contributed by atoms with Gasteiger partial charge in [0.2, 0.25) is 0 Å². The van der Waals surface area contributed by atoms with Gasteiger partial charge in [-0.15, -0.1) is 0 Å². The van der Waals surface area contributed by atoms with E-state index in [2.05, 4.69) is 5.32 Å².